The average molecular weight is 462 g/mol. The first kappa shape index (κ1) is 23.6. The van der Waals surface area contributed by atoms with Gasteiger partial charge in [-0.05, 0) is 43.9 Å². The number of ether oxygens (including phenoxy) is 2. The maximum Gasteiger partial charge on any atom is 0.573 e. The van der Waals surface area contributed by atoms with Gasteiger partial charge < -0.3 is 24.0 Å². The fraction of sp³-hybridized carbons (Fsp3) is 0.333. The van der Waals surface area contributed by atoms with Crippen molar-refractivity contribution >= 4 is 10.8 Å². The minimum atomic E-state index is -4.84. The maximum atomic E-state index is 13.7. The summed E-state index contributed by atoms with van der Waals surface area (Å²) in [5.74, 6) is -1.03. The molecule has 0 bridgehead atoms. The molecule has 32 heavy (non-hydrogen) atoms. The molecule has 2 aromatic carbocycles. The van der Waals surface area contributed by atoms with Crippen molar-refractivity contribution in [1.29, 1.82) is 0 Å². The summed E-state index contributed by atoms with van der Waals surface area (Å²) in [5, 5.41) is 10.2. The molecule has 0 aliphatic rings. The summed E-state index contributed by atoms with van der Waals surface area (Å²) in [6, 6.07) is 7.06. The van der Waals surface area contributed by atoms with Gasteiger partial charge in [0.1, 0.15) is 18.1 Å². The third kappa shape index (κ3) is 5.78. The second-order valence-corrected chi connectivity index (χ2v) is 7.36. The van der Waals surface area contributed by atoms with Crippen molar-refractivity contribution in [2.75, 3.05) is 27.2 Å². The Kier molecular flexibility index (Phi) is 6.49. The highest BCUT2D eigenvalue weighted by atomic mass is 19.4. The third-order valence-electron chi connectivity index (χ3n) is 4.56. The van der Waals surface area contributed by atoms with Crippen LogP contribution in [0.4, 0.5) is 26.3 Å². The largest absolute Gasteiger partial charge is 0.573 e. The van der Waals surface area contributed by atoms with Gasteiger partial charge in [0, 0.05) is 18.1 Å². The molecular formula is C21H20F6N2O3. The first-order valence-electron chi connectivity index (χ1n) is 9.39. The van der Waals surface area contributed by atoms with Gasteiger partial charge in [-0.2, -0.15) is 13.2 Å². The molecule has 3 rings (SSSR count). The molecule has 3 aromatic rings. The van der Waals surface area contributed by atoms with Crippen LogP contribution in [0.1, 0.15) is 11.1 Å². The quantitative estimate of drug-likeness (QED) is 0.487. The Morgan fingerprint density at radius 1 is 0.969 bits per heavy atom. The second-order valence-electron chi connectivity index (χ2n) is 7.36. The Morgan fingerprint density at radius 3 is 2.19 bits per heavy atom. The monoisotopic (exact) mass is 462 g/mol. The normalized spacial score (nSPS) is 12.5. The minimum absolute atomic E-state index is 0.0116. The summed E-state index contributed by atoms with van der Waals surface area (Å²) < 4.78 is 88.2. The van der Waals surface area contributed by atoms with Crippen LogP contribution in [-0.4, -0.2) is 48.2 Å². The molecule has 0 fully saturated rings. The zero-order valence-corrected chi connectivity index (χ0v) is 17.1. The lowest BCUT2D eigenvalue weighted by molar-refractivity contribution is -0.274. The molecular weight excluding hydrogens is 442 g/mol. The zero-order valence-electron chi connectivity index (χ0n) is 17.1. The van der Waals surface area contributed by atoms with Gasteiger partial charge in [-0.15, -0.1) is 13.2 Å². The van der Waals surface area contributed by atoms with Gasteiger partial charge in [-0.25, -0.2) is 0 Å². The second kappa shape index (κ2) is 8.81. The van der Waals surface area contributed by atoms with Crippen LogP contribution in [-0.2, 0) is 12.7 Å². The van der Waals surface area contributed by atoms with E-state index in [0.29, 0.717) is 12.1 Å². The highest BCUT2D eigenvalue weighted by Gasteiger charge is 2.35. The SMILES string of the molecule is CN(C)CCOc1cc(C(F)(F)F)c2c(O)n(Cc3ccc(OC(F)(F)F)cc3)cc2c1. The molecule has 0 unspecified atom stereocenters. The highest BCUT2D eigenvalue weighted by molar-refractivity contribution is 5.92. The minimum Gasteiger partial charge on any atom is -0.494 e. The number of fused-ring (bicyclic) bond motifs is 1. The van der Waals surface area contributed by atoms with Crippen LogP contribution in [0.15, 0.2) is 42.6 Å². The Hall–Kier alpha value is -3.08. The predicted octanol–water partition coefficient (Wildman–Crippen LogP) is 5.25. The average Bonchev–Trinajstić information content (AvgIpc) is 2.96. The predicted molar refractivity (Wildman–Crippen MR) is 105 cm³/mol. The molecule has 0 spiro atoms. The molecule has 1 aromatic heterocycles. The van der Waals surface area contributed by atoms with E-state index in [0.717, 1.165) is 18.2 Å². The molecule has 0 atom stereocenters. The van der Waals surface area contributed by atoms with E-state index < -0.39 is 29.7 Å². The molecule has 0 aliphatic heterocycles. The van der Waals surface area contributed by atoms with Gasteiger partial charge in [0.15, 0.2) is 5.88 Å². The number of hydrogen-bond donors (Lipinski definition) is 1. The summed E-state index contributed by atoms with van der Waals surface area (Å²) in [4.78, 5) is 1.82. The number of likely N-dealkylation sites (N-methyl/N-ethyl adjacent to an activating group) is 1. The molecule has 174 valence electrons. The van der Waals surface area contributed by atoms with E-state index in [9.17, 15) is 31.4 Å². The van der Waals surface area contributed by atoms with E-state index in [2.05, 4.69) is 4.74 Å². The summed E-state index contributed by atoms with van der Waals surface area (Å²) in [6.45, 7) is 0.607. The van der Waals surface area contributed by atoms with Crippen molar-refractivity contribution in [2.45, 2.75) is 19.1 Å². The van der Waals surface area contributed by atoms with E-state index in [-0.39, 0.29) is 29.7 Å². The number of alkyl halides is 6. The first-order chi connectivity index (χ1) is 14.8. The maximum absolute atomic E-state index is 13.7. The van der Waals surface area contributed by atoms with Crippen LogP contribution < -0.4 is 9.47 Å². The van der Waals surface area contributed by atoms with Crippen LogP contribution in [0, 0.1) is 0 Å². The number of benzene rings is 2. The molecule has 5 nitrogen and oxygen atoms in total. The molecule has 11 heteroatoms. The van der Waals surface area contributed by atoms with Crippen molar-refractivity contribution in [3.05, 3.63) is 53.7 Å². The number of hydrogen-bond acceptors (Lipinski definition) is 4. The molecule has 0 saturated carbocycles. The molecule has 0 radical (unpaired) electrons. The van der Waals surface area contributed by atoms with Crippen LogP contribution >= 0.6 is 0 Å². The van der Waals surface area contributed by atoms with E-state index in [4.69, 9.17) is 4.74 Å². The van der Waals surface area contributed by atoms with Gasteiger partial charge in [0.05, 0.1) is 17.5 Å². The van der Waals surface area contributed by atoms with Crippen molar-refractivity contribution in [3.8, 4) is 17.4 Å². The number of aromatic hydroxyl groups is 1. The van der Waals surface area contributed by atoms with Crippen molar-refractivity contribution < 1.29 is 40.9 Å². The van der Waals surface area contributed by atoms with Gasteiger partial charge in [0.2, 0.25) is 0 Å². The van der Waals surface area contributed by atoms with E-state index >= 15 is 0 Å². The Bertz CT molecular complexity index is 1070. The number of aromatic nitrogens is 1. The fourth-order valence-electron chi connectivity index (χ4n) is 3.13. The van der Waals surface area contributed by atoms with E-state index in [1.165, 1.54) is 29.0 Å². The van der Waals surface area contributed by atoms with Crippen molar-refractivity contribution in [3.63, 3.8) is 0 Å². The number of nitrogens with zero attached hydrogens (tertiary/aromatic N) is 2. The summed E-state index contributed by atoms with van der Waals surface area (Å²) >= 11 is 0. The number of rotatable bonds is 7. The Labute approximate surface area is 179 Å². The van der Waals surface area contributed by atoms with E-state index in [1.54, 1.807) is 14.1 Å². The fourth-order valence-corrected chi connectivity index (χ4v) is 3.13. The van der Waals surface area contributed by atoms with Gasteiger partial charge in [-0.3, -0.25) is 0 Å². The van der Waals surface area contributed by atoms with E-state index in [1.807, 2.05) is 4.90 Å². The number of halogens is 6. The zero-order chi connectivity index (χ0) is 23.7. The molecule has 1 N–H and O–H groups in total. The highest BCUT2D eigenvalue weighted by Crippen LogP contribution is 2.42. The van der Waals surface area contributed by atoms with Gasteiger partial charge in [-0.1, -0.05) is 12.1 Å². The summed E-state index contributed by atoms with van der Waals surface area (Å²) in [5.41, 5.74) is -0.592. The standard InChI is InChI=1S/C21H20F6N2O3/c1-28(2)7-8-31-16-9-14-12-29(19(30)18(14)17(10-16)20(22,23)24)11-13-3-5-15(6-4-13)32-21(25,26)27/h3-6,9-10,12,30H,7-8,11H2,1-2H3. The lowest BCUT2D eigenvalue weighted by Gasteiger charge is -2.14. The van der Waals surface area contributed by atoms with Crippen molar-refractivity contribution in [2.24, 2.45) is 0 Å². The van der Waals surface area contributed by atoms with Crippen LogP contribution in [0.2, 0.25) is 0 Å². The molecule has 0 saturated heterocycles. The smallest absolute Gasteiger partial charge is 0.494 e. The Morgan fingerprint density at radius 2 is 1.62 bits per heavy atom. The lowest BCUT2D eigenvalue weighted by atomic mass is 10.1. The summed E-state index contributed by atoms with van der Waals surface area (Å²) in [6.07, 6.45) is -8.24. The lowest BCUT2D eigenvalue weighted by Crippen LogP contribution is -2.19. The van der Waals surface area contributed by atoms with Crippen molar-refractivity contribution in [1.82, 2.24) is 9.47 Å². The summed E-state index contributed by atoms with van der Waals surface area (Å²) in [7, 11) is 3.60. The van der Waals surface area contributed by atoms with Gasteiger partial charge >= 0.3 is 12.5 Å². The molecule has 0 amide bonds. The van der Waals surface area contributed by atoms with Crippen LogP contribution in [0.3, 0.4) is 0 Å². The van der Waals surface area contributed by atoms with Crippen LogP contribution in [0.25, 0.3) is 10.8 Å². The molecule has 0 aliphatic carbocycles. The Balaban J connectivity index is 1.92. The van der Waals surface area contributed by atoms with Gasteiger partial charge in [0.25, 0.3) is 0 Å². The third-order valence-corrected chi connectivity index (χ3v) is 4.56. The first-order valence-corrected chi connectivity index (χ1v) is 9.39. The molecule has 1 heterocycles. The topological polar surface area (TPSA) is 46.9 Å². The van der Waals surface area contributed by atoms with Crippen LogP contribution in [0.5, 0.6) is 17.4 Å².